The molecule has 4 rings (SSSR count). The van der Waals surface area contributed by atoms with E-state index in [4.69, 9.17) is 4.98 Å². The third kappa shape index (κ3) is 3.61. The average molecular weight is 370 g/mol. The van der Waals surface area contributed by atoms with Crippen LogP contribution in [-0.2, 0) is 11.2 Å². The van der Waals surface area contributed by atoms with Crippen LogP contribution in [-0.4, -0.2) is 44.1 Å². The Hall–Kier alpha value is -2.32. The molecule has 7 nitrogen and oxygen atoms in total. The zero-order valence-electron chi connectivity index (χ0n) is 14.7. The molecule has 2 N–H and O–H groups in total. The van der Waals surface area contributed by atoms with Gasteiger partial charge in [0.05, 0.1) is 23.6 Å². The molecule has 136 valence electrons. The van der Waals surface area contributed by atoms with Crippen LogP contribution in [0.15, 0.2) is 24.3 Å². The summed E-state index contributed by atoms with van der Waals surface area (Å²) in [7, 11) is 0. The molecule has 1 saturated heterocycles. The highest BCUT2D eigenvalue weighted by Gasteiger charge is 2.30. The molecule has 0 radical (unpaired) electrons. The van der Waals surface area contributed by atoms with Gasteiger partial charge >= 0.3 is 0 Å². The Balaban J connectivity index is 1.42. The largest absolute Gasteiger partial charge is 0.341 e. The number of anilines is 1. The van der Waals surface area contributed by atoms with Gasteiger partial charge in [0.15, 0.2) is 0 Å². The number of rotatable bonds is 6. The molecule has 1 atom stereocenters. The third-order valence-electron chi connectivity index (χ3n) is 4.61. The van der Waals surface area contributed by atoms with E-state index in [1.165, 1.54) is 11.3 Å². The van der Waals surface area contributed by atoms with Crippen molar-refractivity contribution in [1.29, 1.82) is 0 Å². The molecule has 26 heavy (non-hydrogen) atoms. The van der Waals surface area contributed by atoms with Crippen LogP contribution >= 0.6 is 11.3 Å². The lowest BCUT2D eigenvalue weighted by Crippen LogP contribution is -2.33. The smallest absolute Gasteiger partial charge is 0.240 e. The first-order valence-corrected chi connectivity index (χ1v) is 9.85. The van der Waals surface area contributed by atoms with Crippen molar-refractivity contribution >= 4 is 33.4 Å². The van der Waals surface area contributed by atoms with Gasteiger partial charge in [-0.25, -0.2) is 4.98 Å². The summed E-state index contributed by atoms with van der Waals surface area (Å²) in [6, 6.07) is 8.17. The Morgan fingerprint density at radius 1 is 1.38 bits per heavy atom. The van der Waals surface area contributed by atoms with E-state index < -0.39 is 0 Å². The summed E-state index contributed by atoms with van der Waals surface area (Å²) in [6.45, 7) is 3.34. The molecule has 3 aromatic rings. The van der Waals surface area contributed by atoms with E-state index in [1.807, 2.05) is 24.3 Å². The molecule has 3 heterocycles. The lowest BCUT2D eigenvalue weighted by molar-refractivity contribution is -0.117. The summed E-state index contributed by atoms with van der Waals surface area (Å²) < 4.78 is 0. The molecule has 1 aromatic carbocycles. The van der Waals surface area contributed by atoms with E-state index in [0.29, 0.717) is 11.7 Å². The van der Waals surface area contributed by atoms with E-state index in [9.17, 15) is 4.79 Å². The normalized spacial score (nSPS) is 17.8. The number of likely N-dealkylation sites (tertiary alicyclic amines) is 1. The van der Waals surface area contributed by atoms with Crippen LogP contribution in [0.1, 0.15) is 43.1 Å². The lowest BCUT2D eigenvalue weighted by atomic mass is 10.2. The van der Waals surface area contributed by atoms with E-state index in [-0.39, 0.29) is 11.9 Å². The number of aromatic amines is 1. The van der Waals surface area contributed by atoms with Crippen LogP contribution in [0.4, 0.5) is 5.13 Å². The van der Waals surface area contributed by atoms with Gasteiger partial charge < -0.3 is 4.98 Å². The Morgan fingerprint density at radius 3 is 3.12 bits per heavy atom. The number of benzene rings is 1. The fraction of sp³-hybridized carbons (Fsp3) is 0.444. The number of hydrogen-bond donors (Lipinski definition) is 2. The molecule has 1 aliphatic rings. The molecular weight excluding hydrogens is 348 g/mol. The number of carbonyl (C=O) groups is 1. The maximum Gasteiger partial charge on any atom is 0.240 e. The number of fused-ring (bicyclic) bond motifs is 1. The molecule has 1 amide bonds. The number of para-hydroxylation sites is 2. The highest BCUT2D eigenvalue weighted by atomic mass is 32.1. The first kappa shape index (κ1) is 17.1. The van der Waals surface area contributed by atoms with Crippen LogP contribution in [0.2, 0.25) is 0 Å². The second kappa shape index (κ2) is 7.51. The summed E-state index contributed by atoms with van der Waals surface area (Å²) in [5.41, 5.74) is 2.01. The molecule has 2 aromatic heterocycles. The lowest BCUT2D eigenvalue weighted by Gasteiger charge is -2.21. The number of nitrogens with one attached hydrogen (secondary N) is 2. The first-order chi connectivity index (χ1) is 12.7. The first-order valence-electron chi connectivity index (χ1n) is 9.04. The average Bonchev–Trinajstić information content (AvgIpc) is 3.34. The zero-order valence-corrected chi connectivity index (χ0v) is 15.6. The summed E-state index contributed by atoms with van der Waals surface area (Å²) in [5.74, 6) is 0.893. The second-order valence-electron chi connectivity index (χ2n) is 6.57. The Labute approximate surface area is 155 Å². The molecule has 0 bridgehead atoms. The van der Waals surface area contributed by atoms with Crippen molar-refractivity contribution in [3.63, 3.8) is 0 Å². The fourth-order valence-corrected chi connectivity index (χ4v) is 4.28. The summed E-state index contributed by atoms with van der Waals surface area (Å²) >= 11 is 1.45. The number of amides is 1. The van der Waals surface area contributed by atoms with E-state index in [0.717, 1.165) is 54.1 Å². The quantitative estimate of drug-likeness (QED) is 0.696. The molecular formula is C18H22N6OS. The summed E-state index contributed by atoms with van der Waals surface area (Å²) in [6.07, 6.45) is 3.99. The van der Waals surface area contributed by atoms with Crippen LogP contribution < -0.4 is 5.32 Å². The Bertz CT molecular complexity index is 871. The number of aromatic nitrogens is 4. The van der Waals surface area contributed by atoms with Gasteiger partial charge in [-0.3, -0.25) is 15.0 Å². The SMILES string of the molecule is CCCc1nnc(NC(=O)CN2CCCC2c2nc3ccccc3[nH]2)s1. The molecule has 1 aliphatic heterocycles. The van der Waals surface area contributed by atoms with Crippen LogP contribution in [0.5, 0.6) is 0 Å². The maximum absolute atomic E-state index is 12.4. The molecule has 0 saturated carbocycles. The van der Waals surface area contributed by atoms with Crippen LogP contribution in [0, 0.1) is 0 Å². The van der Waals surface area contributed by atoms with Crippen LogP contribution in [0.3, 0.4) is 0 Å². The second-order valence-corrected chi connectivity index (χ2v) is 7.63. The summed E-state index contributed by atoms with van der Waals surface area (Å²) in [4.78, 5) is 22.7. The van der Waals surface area contributed by atoms with Crippen molar-refractivity contribution in [2.24, 2.45) is 0 Å². The van der Waals surface area contributed by atoms with Crippen LogP contribution in [0.25, 0.3) is 11.0 Å². The number of aryl methyl sites for hydroxylation is 1. The van der Waals surface area contributed by atoms with Crippen molar-refractivity contribution < 1.29 is 4.79 Å². The number of nitrogens with zero attached hydrogens (tertiary/aromatic N) is 4. The number of imidazole rings is 1. The number of hydrogen-bond acceptors (Lipinski definition) is 6. The van der Waals surface area contributed by atoms with Gasteiger partial charge in [0, 0.05) is 6.42 Å². The van der Waals surface area contributed by atoms with Gasteiger partial charge in [-0.2, -0.15) is 0 Å². The van der Waals surface area contributed by atoms with Crippen molar-refractivity contribution in [2.75, 3.05) is 18.4 Å². The Kier molecular flexibility index (Phi) is 4.94. The standard InChI is InChI=1S/C18H22N6OS/c1-2-6-16-22-23-18(26-16)21-15(25)11-24-10-5-9-14(24)17-19-12-7-3-4-8-13(12)20-17/h3-4,7-8,14H,2,5-6,9-11H2,1H3,(H,19,20)(H,21,23,25). The zero-order chi connectivity index (χ0) is 17.9. The van der Waals surface area contributed by atoms with Crippen molar-refractivity contribution in [3.8, 4) is 0 Å². The molecule has 1 unspecified atom stereocenters. The maximum atomic E-state index is 12.4. The van der Waals surface area contributed by atoms with Gasteiger partial charge in [-0.1, -0.05) is 30.4 Å². The molecule has 0 spiro atoms. The van der Waals surface area contributed by atoms with Crippen molar-refractivity contribution in [2.45, 2.75) is 38.6 Å². The van der Waals surface area contributed by atoms with Crippen molar-refractivity contribution in [1.82, 2.24) is 25.1 Å². The number of H-pyrrole nitrogens is 1. The van der Waals surface area contributed by atoms with Gasteiger partial charge in [-0.05, 0) is 37.9 Å². The van der Waals surface area contributed by atoms with E-state index in [1.54, 1.807) is 0 Å². The predicted molar refractivity (Wildman–Crippen MR) is 102 cm³/mol. The van der Waals surface area contributed by atoms with Gasteiger partial charge in [-0.15, -0.1) is 10.2 Å². The third-order valence-corrected chi connectivity index (χ3v) is 5.51. The minimum absolute atomic E-state index is 0.0489. The minimum Gasteiger partial charge on any atom is -0.341 e. The molecule has 0 aliphatic carbocycles. The predicted octanol–water partition coefficient (Wildman–Crippen LogP) is 3.14. The molecule has 8 heteroatoms. The van der Waals surface area contributed by atoms with Gasteiger partial charge in [0.1, 0.15) is 10.8 Å². The van der Waals surface area contributed by atoms with E-state index in [2.05, 4.69) is 32.3 Å². The summed E-state index contributed by atoms with van der Waals surface area (Å²) in [5, 5.41) is 12.6. The molecule has 1 fully saturated rings. The fourth-order valence-electron chi connectivity index (χ4n) is 3.42. The van der Waals surface area contributed by atoms with Gasteiger partial charge in [0.25, 0.3) is 0 Å². The number of carbonyl (C=O) groups excluding carboxylic acids is 1. The monoisotopic (exact) mass is 370 g/mol. The topological polar surface area (TPSA) is 86.8 Å². The van der Waals surface area contributed by atoms with E-state index >= 15 is 0 Å². The minimum atomic E-state index is -0.0489. The van der Waals surface area contributed by atoms with Crippen molar-refractivity contribution in [3.05, 3.63) is 35.1 Å². The van der Waals surface area contributed by atoms with Gasteiger partial charge in [0.2, 0.25) is 11.0 Å². The Morgan fingerprint density at radius 2 is 2.27 bits per heavy atom. The highest BCUT2D eigenvalue weighted by Crippen LogP contribution is 2.31. The highest BCUT2D eigenvalue weighted by molar-refractivity contribution is 7.15.